The van der Waals surface area contributed by atoms with E-state index in [0.717, 1.165) is 0 Å². The number of rotatable bonds is 6. The lowest BCUT2D eigenvalue weighted by Gasteiger charge is -2.27. The van der Waals surface area contributed by atoms with Gasteiger partial charge in [-0.05, 0) is 0 Å². The number of ether oxygens (including phenoxy) is 2. The van der Waals surface area contributed by atoms with Gasteiger partial charge in [-0.3, -0.25) is 0 Å². The maximum Gasteiger partial charge on any atom is 0.422 e. The van der Waals surface area contributed by atoms with Crippen LogP contribution >= 0.6 is 22.6 Å². The van der Waals surface area contributed by atoms with Crippen molar-refractivity contribution in [1.29, 1.82) is 0 Å². The molecule has 0 saturated carbocycles. The maximum absolute atomic E-state index is 14.2. The van der Waals surface area contributed by atoms with Crippen LogP contribution in [0, 0.1) is 17.5 Å². The van der Waals surface area contributed by atoms with E-state index >= 15 is 0 Å². The number of benzene rings is 1. The Morgan fingerprint density at radius 3 is 1.62 bits per heavy atom. The van der Waals surface area contributed by atoms with Gasteiger partial charge in [-0.1, -0.05) is 22.6 Å². The molecule has 0 saturated heterocycles. The molecule has 0 fully saturated rings. The highest BCUT2D eigenvalue weighted by Crippen LogP contribution is 2.46. The van der Waals surface area contributed by atoms with Crippen LogP contribution in [0.1, 0.15) is 29.2 Å². The highest BCUT2D eigenvalue weighted by Gasteiger charge is 2.50. The lowest BCUT2D eigenvalue weighted by molar-refractivity contribution is -0.222. The first kappa shape index (κ1) is 26.1. The summed E-state index contributed by atoms with van der Waals surface area (Å²) in [6.07, 6.45) is -24.4. The molecular weight excluding hydrogens is 555 g/mol. The van der Waals surface area contributed by atoms with Crippen molar-refractivity contribution < 1.29 is 62.2 Å². The number of hydrogen-bond donors (Lipinski definition) is 0. The van der Waals surface area contributed by atoms with Crippen LogP contribution in [0.25, 0.3) is 0 Å². The van der Waals surface area contributed by atoms with Crippen LogP contribution in [0.15, 0.2) is 0 Å². The monoisotopic (exact) mass is 564 g/mol. The van der Waals surface area contributed by atoms with Crippen LogP contribution < -0.4 is 0 Å². The van der Waals surface area contributed by atoms with Crippen molar-refractivity contribution in [2.75, 3.05) is 11.7 Å². The molecule has 0 N–H and O–H groups in total. The van der Waals surface area contributed by atoms with Crippen LogP contribution in [0.2, 0.25) is 0 Å². The van der Waals surface area contributed by atoms with Crippen molar-refractivity contribution in [1.82, 2.24) is 0 Å². The lowest BCUT2D eigenvalue weighted by Crippen LogP contribution is -2.34. The average molecular weight is 564 g/mol. The molecular formula is C14H9F12IO2. The normalized spacial score (nSPS) is 15.5. The summed E-state index contributed by atoms with van der Waals surface area (Å²) >= 11 is 1.30. The van der Waals surface area contributed by atoms with Gasteiger partial charge < -0.3 is 9.47 Å². The molecule has 15 heteroatoms. The molecule has 1 rings (SSSR count). The molecule has 0 amide bonds. The van der Waals surface area contributed by atoms with E-state index in [0.29, 0.717) is 7.11 Å². The van der Waals surface area contributed by atoms with E-state index < -0.39 is 75.9 Å². The number of methoxy groups -OCH3 is 1. The Hall–Kier alpha value is -0.970. The molecule has 0 heterocycles. The molecule has 0 radical (unpaired) electrons. The molecule has 2 nitrogen and oxygen atoms in total. The first-order valence-electron chi connectivity index (χ1n) is 7.10. The second-order valence-corrected chi connectivity index (χ2v) is 5.99. The Balaban J connectivity index is 3.80. The first-order chi connectivity index (χ1) is 13.0. The molecule has 1 aromatic rings. The number of hydrogen-bond acceptors (Lipinski definition) is 2. The van der Waals surface area contributed by atoms with Gasteiger partial charge in [0.25, 0.3) is 0 Å². The molecule has 0 aliphatic rings. The van der Waals surface area contributed by atoms with Crippen LogP contribution in [-0.2, 0) is 21.8 Å². The SMILES string of the molecule is COC(CC(OCI)C(F)(F)F)c1c(F)c(F)c(C(F)(F)F)c(F)c1C(F)(F)F. The molecule has 0 aliphatic carbocycles. The summed E-state index contributed by atoms with van der Waals surface area (Å²) in [5.74, 6) is -9.11. The van der Waals surface area contributed by atoms with Gasteiger partial charge in [0, 0.05) is 19.1 Å². The topological polar surface area (TPSA) is 18.5 Å². The predicted octanol–water partition coefficient (Wildman–Crippen LogP) is 6.56. The van der Waals surface area contributed by atoms with Crippen LogP contribution in [-0.4, -0.2) is 24.0 Å². The fourth-order valence-electron chi connectivity index (χ4n) is 2.40. The smallest absolute Gasteiger partial charge is 0.377 e. The third kappa shape index (κ3) is 5.80. The van der Waals surface area contributed by atoms with Crippen LogP contribution in [0.4, 0.5) is 52.7 Å². The van der Waals surface area contributed by atoms with Crippen molar-refractivity contribution in [3.8, 4) is 0 Å². The summed E-state index contributed by atoms with van der Waals surface area (Å²) in [5.41, 5.74) is -8.27. The fourth-order valence-corrected chi connectivity index (χ4v) is 2.84. The zero-order valence-electron chi connectivity index (χ0n) is 13.8. The summed E-state index contributed by atoms with van der Waals surface area (Å²) in [7, 11) is 0.481. The first-order valence-corrected chi connectivity index (χ1v) is 8.62. The Morgan fingerprint density at radius 2 is 1.28 bits per heavy atom. The van der Waals surface area contributed by atoms with Crippen molar-refractivity contribution in [3.05, 3.63) is 34.1 Å². The molecule has 0 bridgehead atoms. The second-order valence-electron chi connectivity index (χ2n) is 5.37. The van der Waals surface area contributed by atoms with Gasteiger partial charge in [-0.15, -0.1) is 0 Å². The molecule has 29 heavy (non-hydrogen) atoms. The Bertz CT molecular complexity index is 726. The van der Waals surface area contributed by atoms with Gasteiger partial charge in [0.05, 0.1) is 10.7 Å². The van der Waals surface area contributed by atoms with E-state index in [-0.39, 0.29) is 0 Å². The fraction of sp³-hybridized carbons (Fsp3) is 0.571. The van der Waals surface area contributed by atoms with E-state index in [1.165, 1.54) is 22.6 Å². The van der Waals surface area contributed by atoms with E-state index in [9.17, 15) is 52.7 Å². The van der Waals surface area contributed by atoms with Crippen molar-refractivity contribution in [2.45, 2.75) is 37.2 Å². The van der Waals surface area contributed by atoms with Crippen molar-refractivity contribution in [2.24, 2.45) is 0 Å². The Kier molecular flexibility index (Phi) is 8.12. The third-order valence-electron chi connectivity index (χ3n) is 3.59. The summed E-state index contributed by atoms with van der Waals surface area (Å²) in [6.45, 7) is 0. The van der Waals surface area contributed by atoms with Gasteiger partial charge in [0.1, 0.15) is 11.1 Å². The van der Waals surface area contributed by atoms with E-state index in [4.69, 9.17) is 0 Å². The zero-order chi connectivity index (χ0) is 22.9. The second kappa shape index (κ2) is 9.03. The molecule has 0 spiro atoms. The van der Waals surface area contributed by atoms with E-state index in [1.54, 1.807) is 0 Å². The summed E-state index contributed by atoms with van der Waals surface area (Å²) in [5, 5.41) is 0. The van der Waals surface area contributed by atoms with Gasteiger partial charge >= 0.3 is 18.5 Å². The minimum absolute atomic E-state index is 0.481. The molecule has 0 aromatic heterocycles. The van der Waals surface area contributed by atoms with Crippen molar-refractivity contribution in [3.63, 3.8) is 0 Å². The minimum Gasteiger partial charge on any atom is -0.377 e. The maximum atomic E-state index is 14.2. The summed E-state index contributed by atoms with van der Waals surface area (Å²) < 4.78 is 167. The highest BCUT2D eigenvalue weighted by molar-refractivity contribution is 14.1. The highest BCUT2D eigenvalue weighted by atomic mass is 127. The van der Waals surface area contributed by atoms with E-state index in [2.05, 4.69) is 9.47 Å². The van der Waals surface area contributed by atoms with Crippen LogP contribution in [0.5, 0.6) is 0 Å². The third-order valence-corrected chi connectivity index (χ3v) is 3.95. The zero-order valence-corrected chi connectivity index (χ0v) is 16.0. The Labute approximate surface area is 168 Å². The standard InChI is InChI=1S/C14H9F12IO2/c1-28-4(2-5(29-3-27)12(18,19)20)6-7(13(21,22)23)10(16)8(14(24,25)26)11(17)9(6)15/h4-5H,2-3H2,1H3. The van der Waals surface area contributed by atoms with Crippen molar-refractivity contribution >= 4 is 22.6 Å². The molecule has 0 aliphatic heterocycles. The molecule has 2 atom stereocenters. The Morgan fingerprint density at radius 1 is 0.793 bits per heavy atom. The average Bonchev–Trinajstić information content (AvgIpc) is 2.51. The van der Waals surface area contributed by atoms with E-state index in [1.807, 2.05) is 0 Å². The van der Waals surface area contributed by atoms with Gasteiger partial charge in [0.2, 0.25) is 0 Å². The molecule has 168 valence electrons. The van der Waals surface area contributed by atoms with Crippen LogP contribution in [0.3, 0.4) is 0 Å². The molecule has 2 unspecified atom stereocenters. The summed E-state index contributed by atoms with van der Waals surface area (Å²) in [4.78, 5) is 0. The minimum atomic E-state index is -6.06. The number of alkyl halides is 10. The largest absolute Gasteiger partial charge is 0.422 e. The van der Waals surface area contributed by atoms with Gasteiger partial charge in [0.15, 0.2) is 23.6 Å². The number of halogens is 13. The summed E-state index contributed by atoms with van der Waals surface area (Å²) in [6, 6.07) is 0. The van der Waals surface area contributed by atoms with Gasteiger partial charge in [-0.2, -0.15) is 39.5 Å². The van der Waals surface area contributed by atoms with Gasteiger partial charge in [-0.25, -0.2) is 13.2 Å². The predicted molar refractivity (Wildman–Crippen MR) is 80.5 cm³/mol. The lowest BCUT2D eigenvalue weighted by atomic mass is 9.93. The molecule has 1 aromatic carbocycles. The quantitative estimate of drug-likeness (QED) is 0.169.